The Bertz CT molecular complexity index is 937. The molecule has 2 aromatic carbocycles. The van der Waals surface area contributed by atoms with Crippen LogP contribution in [0, 0.1) is 13.8 Å². The average molecular weight is 390 g/mol. The number of hydrogen-bond donors (Lipinski definition) is 2. The standard InChI is InChI=1S/C19H22N2O5S/c1-13-4-9-17(12-14(13)2)27(24,25)20-11-10-18(22)21-16-7-5-15(6-8-16)19(23)26-3/h4-9,12,20H,10-11H2,1-3H3,(H,21,22). The first-order valence-electron chi connectivity index (χ1n) is 8.28. The fourth-order valence-electron chi connectivity index (χ4n) is 2.29. The molecule has 0 atom stereocenters. The summed E-state index contributed by atoms with van der Waals surface area (Å²) in [5, 5.41) is 2.64. The lowest BCUT2D eigenvalue weighted by Gasteiger charge is -2.09. The highest BCUT2D eigenvalue weighted by Gasteiger charge is 2.15. The number of anilines is 1. The van der Waals surface area contributed by atoms with Gasteiger partial charge in [-0.2, -0.15) is 0 Å². The predicted molar refractivity (Wildman–Crippen MR) is 102 cm³/mol. The largest absolute Gasteiger partial charge is 0.465 e. The maximum absolute atomic E-state index is 12.3. The van der Waals surface area contributed by atoms with Gasteiger partial charge in [0.25, 0.3) is 0 Å². The van der Waals surface area contributed by atoms with Crippen LogP contribution >= 0.6 is 0 Å². The van der Waals surface area contributed by atoms with E-state index < -0.39 is 16.0 Å². The zero-order valence-electron chi connectivity index (χ0n) is 15.4. The van der Waals surface area contributed by atoms with Crippen LogP contribution in [0.5, 0.6) is 0 Å². The third-order valence-electron chi connectivity index (χ3n) is 4.02. The van der Waals surface area contributed by atoms with Gasteiger partial charge in [0.2, 0.25) is 15.9 Å². The van der Waals surface area contributed by atoms with Gasteiger partial charge in [-0.3, -0.25) is 4.79 Å². The van der Waals surface area contributed by atoms with Crippen LogP contribution < -0.4 is 10.0 Å². The summed E-state index contributed by atoms with van der Waals surface area (Å²) in [5.74, 6) is -0.808. The van der Waals surface area contributed by atoms with Gasteiger partial charge in [-0.1, -0.05) is 6.07 Å². The van der Waals surface area contributed by atoms with Crippen LogP contribution in [0.4, 0.5) is 5.69 Å². The third-order valence-corrected chi connectivity index (χ3v) is 5.48. The Hall–Kier alpha value is -2.71. The molecule has 2 N–H and O–H groups in total. The monoisotopic (exact) mass is 390 g/mol. The lowest BCUT2D eigenvalue weighted by Crippen LogP contribution is -2.28. The number of carbonyl (C=O) groups is 2. The van der Waals surface area contributed by atoms with Crippen LogP contribution in [0.1, 0.15) is 27.9 Å². The summed E-state index contributed by atoms with van der Waals surface area (Å²) in [5.41, 5.74) is 2.76. The van der Waals surface area contributed by atoms with Crippen molar-refractivity contribution in [1.29, 1.82) is 0 Å². The highest BCUT2D eigenvalue weighted by atomic mass is 32.2. The molecule has 144 valence electrons. The summed E-state index contributed by atoms with van der Waals surface area (Å²) in [6.45, 7) is 3.72. The molecule has 7 nitrogen and oxygen atoms in total. The Labute approximate surface area is 158 Å². The molecule has 0 aliphatic carbocycles. The van der Waals surface area contributed by atoms with Gasteiger partial charge in [-0.05, 0) is 61.4 Å². The van der Waals surface area contributed by atoms with E-state index >= 15 is 0 Å². The minimum atomic E-state index is -3.67. The number of hydrogen-bond acceptors (Lipinski definition) is 5. The molecule has 8 heteroatoms. The molecule has 0 heterocycles. The highest BCUT2D eigenvalue weighted by molar-refractivity contribution is 7.89. The van der Waals surface area contributed by atoms with E-state index in [0.29, 0.717) is 11.3 Å². The molecule has 2 rings (SSSR count). The van der Waals surface area contributed by atoms with Crippen LogP contribution in [0.2, 0.25) is 0 Å². The summed E-state index contributed by atoms with van der Waals surface area (Å²) in [6.07, 6.45) is -0.0250. The Morgan fingerprint density at radius 2 is 1.67 bits per heavy atom. The number of sulfonamides is 1. The number of benzene rings is 2. The zero-order chi connectivity index (χ0) is 20.0. The van der Waals surface area contributed by atoms with Crippen molar-refractivity contribution in [2.75, 3.05) is 19.0 Å². The maximum Gasteiger partial charge on any atom is 0.337 e. The molecular weight excluding hydrogens is 368 g/mol. The van der Waals surface area contributed by atoms with Gasteiger partial charge in [-0.15, -0.1) is 0 Å². The predicted octanol–water partition coefficient (Wildman–Crippen LogP) is 2.40. The smallest absolute Gasteiger partial charge is 0.337 e. The van der Waals surface area contributed by atoms with Crippen LogP contribution in [0.15, 0.2) is 47.4 Å². The number of methoxy groups -OCH3 is 1. The van der Waals surface area contributed by atoms with Crippen molar-refractivity contribution in [3.05, 3.63) is 59.2 Å². The van der Waals surface area contributed by atoms with E-state index in [4.69, 9.17) is 0 Å². The summed E-state index contributed by atoms with van der Waals surface area (Å²) in [7, 11) is -2.38. The molecule has 0 unspecified atom stereocenters. The van der Waals surface area contributed by atoms with Gasteiger partial charge in [-0.25, -0.2) is 17.9 Å². The number of aryl methyl sites for hydroxylation is 2. The summed E-state index contributed by atoms with van der Waals surface area (Å²) < 4.78 is 31.6. The first-order valence-corrected chi connectivity index (χ1v) is 9.76. The van der Waals surface area contributed by atoms with E-state index in [1.54, 1.807) is 24.3 Å². The van der Waals surface area contributed by atoms with Crippen molar-refractivity contribution in [3.8, 4) is 0 Å². The van der Waals surface area contributed by atoms with Gasteiger partial charge in [0, 0.05) is 18.7 Å². The maximum atomic E-state index is 12.3. The van der Waals surface area contributed by atoms with Crippen molar-refractivity contribution < 1.29 is 22.7 Å². The Morgan fingerprint density at radius 3 is 2.26 bits per heavy atom. The molecular formula is C19H22N2O5S. The number of amides is 1. The summed E-state index contributed by atoms with van der Waals surface area (Å²) >= 11 is 0. The van der Waals surface area contributed by atoms with Gasteiger partial charge >= 0.3 is 5.97 Å². The van der Waals surface area contributed by atoms with Crippen molar-refractivity contribution in [2.24, 2.45) is 0 Å². The van der Waals surface area contributed by atoms with Gasteiger partial charge in [0.15, 0.2) is 0 Å². The fraction of sp³-hybridized carbons (Fsp3) is 0.263. The Morgan fingerprint density at radius 1 is 1.00 bits per heavy atom. The van der Waals surface area contributed by atoms with Crippen LogP contribution in [0.25, 0.3) is 0 Å². The van der Waals surface area contributed by atoms with E-state index in [0.717, 1.165) is 11.1 Å². The third kappa shape index (κ3) is 5.63. The van der Waals surface area contributed by atoms with Crippen LogP contribution in [-0.4, -0.2) is 33.9 Å². The molecule has 0 aliphatic rings. The molecule has 0 saturated heterocycles. The van der Waals surface area contributed by atoms with E-state index in [2.05, 4.69) is 14.8 Å². The molecule has 0 aromatic heterocycles. The quantitative estimate of drug-likeness (QED) is 0.707. The summed E-state index contributed by atoms with van der Waals surface area (Å²) in [6, 6.07) is 11.1. The Balaban J connectivity index is 1.88. The van der Waals surface area contributed by atoms with Crippen LogP contribution in [0.3, 0.4) is 0 Å². The average Bonchev–Trinajstić information content (AvgIpc) is 2.63. The normalized spacial score (nSPS) is 11.1. The van der Waals surface area contributed by atoms with Crippen molar-refractivity contribution in [1.82, 2.24) is 4.72 Å². The molecule has 0 aliphatic heterocycles. The number of nitrogens with one attached hydrogen (secondary N) is 2. The highest BCUT2D eigenvalue weighted by Crippen LogP contribution is 2.15. The zero-order valence-corrected chi connectivity index (χ0v) is 16.2. The lowest BCUT2D eigenvalue weighted by molar-refractivity contribution is -0.116. The SMILES string of the molecule is COC(=O)c1ccc(NC(=O)CCNS(=O)(=O)c2ccc(C)c(C)c2)cc1. The molecule has 0 radical (unpaired) electrons. The lowest BCUT2D eigenvalue weighted by atomic mass is 10.1. The molecule has 0 fully saturated rings. The van der Waals surface area contributed by atoms with E-state index in [-0.39, 0.29) is 23.8 Å². The number of carbonyl (C=O) groups excluding carboxylic acids is 2. The Kier molecular flexibility index (Phi) is 6.70. The minimum Gasteiger partial charge on any atom is -0.465 e. The molecule has 1 amide bonds. The second kappa shape index (κ2) is 8.79. The minimum absolute atomic E-state index is 0.0250. The number of ether oxygens (including phenoxy) is 1. The molecule has 0 spiro atoms. The number of rotatable bonds is 7. The van der Waals surface area contributed by atoms with Gasteiger partial charge < -0.3 is 10.1 Å². The first-order chi connectivity index (χ1) is 12.7. The van der Waals surface area contributed by atoms with E-state index in [9.17, 15) is 18.0 Å². The van der Waals surface area contributed by atoms with Crippen molar-refractivity contribution in [3.63, 3.8) is 0 Å². The van der Waals surface area contributed by atoms with Crippen LogP contribution in [-0.2, 0) is 19.6 Å². The first kappa shape index (κ1) is 20.6. The van der Waals surface area contributed by atoms with Crippen molar-refractivity contribution >= 4 is 27.6 Å². The topological polar surface area (TPSA) is 102 Å². The van der Waals surface area contributed by atoms with E-state index in [1.165, 1.54) is 25.3 Å². The van der Waals surface area contributed by atoms with E-state index in [1.807, 2.05) is 13.8 Å². The second-order valence-electron chi connectivity index (χ2n) is 6.01. The molecule has 27 heavy (non-hydrogen) atoms. The number of esters is 1. The second-order valence-corrected chi connectivity index (χ2v) is 7.78. The molecule has 2 aromatic rings. The fourth-order valence-corrected chi connectivity index (χ4v) is 3.41. The molecule has 0 saturated carbocycles. The van der Waals surface area contributed by atoms with Crippen molar-refractivity contribution in [2.45, 2.75) is 25.2 Å². The van der Waals surface area contributed by atoms with Gasteiger partial charge in [0.1, 0.15) is 0 Å². The molecule has 0 bridgehead atoms. The van der Waals surface area contributed by atoms with Gasteiger partial charge in [0.05, 0.1) is 17.6 Å². The summed E-state index contributed by atoms with van der Waals surface area (Å²) in [4.78, 5) is 23.5.